The average Bonchev–Trinajstić information content (AvgIpc) is 3.22. The number of halogens is 3. The highest BCUT2D eigenvalue weighted by Gasteiger charge is 2.20. The summed E-state index contributed by atoms with van der Waals surface area (Å²) in [4.78, 5) is 16.9. The van der Waals surface area contributed by atoms with Gasteiger partial charge in [-0.25, -0.2) is 18.4 Å². The zero-order valence-electron chi connectivity index (χ0n) is 17.8. The first-order valence-electron chi connectivity index (χ1n) is 10.0. The molecule has 11 heteroatoms. The van der Waals surface area contributed by atoms with Crippen LogP contribution in [0.5, 0.6) is 0 Å². The number of aromatic nitrogens is 4. The van der Waals surface area contributed by atoms with Crippen molar-refractivity contribution in [2.75, 3.05) is 12.3 Å². The van der Waals surface area contributed by atoms with E-state index in [1.165, 1.54) is 24.3 Å². The van der Waals surface area contributed by atoms with Crippen molar-refractivity contribution in [3.8, 4) is 22.4 Å². The molecule has 0 aliphatic heterocycles. The molecule has 0 spiro atoms. The van der Waals surface area contributed by atoms with Crippen LogP contribution >= 0.6 is 15.9 Å². The Morgan fingerprint density at radius 1 is 1.18 bits per heavy atom. The van der Waals surface area contributed by atoms with E-state index < -0.39 is 30.2 Å². The van der Waals surface area contributed by atoms with Crippen molar-refractivity contribution in [2.24, 2.45) is 7.05 Å². The van der Waals surface area contributed by atoms with Crippen LogP contribution in [-0.4, -0.2) is 37.6 Å². The van der Waals surface area contributed by atoms with E-state index in [0.717, 1.165) is 0 Å². The van der Waals surface area contributed by atoms with Gasteiger partial charge in [0.25, 0.3) is 5.91 Å². The second-order valence-electron chi connectivity index (χ2n) is 7.51. The van der Waals surface area contributed by atoms with Crippen molar-refractivity contribution in [3.05, 3.63) is 82.1 Å². The molecule has 2 aromatic heterocycles. The summed E-state index contributed by atoms with van der Waals surface area (Å²) in [6, 6.07) is 8.84. The maximum Gasteiger partial charge on any atom is 0.254 e. The van der Waals surface area contributed by atoms with E-state index >= 15 is 0 Å². The van der Waals surface area contributed by atoms with Crippen LogP contribution in [0.4, 0.5) is 14.6 Å². The summed E-state index contributed by atoms with van der Waals surface area (Å²) in [5.41, 5.74) is 8.39. The van der Waals surface area contributed by atoms with Crippen LogP contribution in [0.15, 0.2) is 59.3 Å². The third-order valence-corrected chi connectivity index (χ3v) is 5.69. The van der Waals surface area contributed by atoms with Crippen molar-refractivity contribution in [1.82, 2.24) is 25.3 Å². The summed E-state index contributed by atoms with van der Waals surface area (Å²) in [5.74, 6) is -1.90. The first kappa shape index (κ1) is 23.5. The number of amides is 1. The molecular formula is C23H19BrF2N6O2. The number of hydrogen-bond acceptors (Lipinski definition) is 6. The third-order valence-electron chi connectivity index (χ3n) is 5.23. The Labute approximate surface area is 201 Å². The second-order valence-corrected chi connectivity index (χ2v) is 8.42. The van der Waals surface area contributed by atoms with Gasteiger partial charge in [0.05, 0.1) is 30.1 Å². The molecule has 8 nitrogen and oxygen atoms in total. The Kier molecular flexibility index (Phi) is 6.66. The molecule has 174 valence electrons. The van der Waals surface area contributed by atoms with Crippen LogP contribution in [-0.2, 0) is 7.05 Å². The van der Waals surface area contributed by atoms with Gasteiger partial charge in [-0.3, -0.25) is 4.79 Å². The molecule has 0 aliphatic carbocycles. The van der Waals surface area contributed by atoms with Crippen molar-refractivity contribution < 1.29 is 18.7 Å². The van der Waals surface area contributed by atoms with E-state index in [0.29, 0.717) is 32.4 Å². The number of nitrogens with one attached hydrogen (secondary N) is 1. The Morgan fingerprint density at radius 2 is 1.97 bits per heavy atom. The van der Waals surface area contributed by atoms with Crippen LogP contribution in [0.3, 0.4) is 0 Å². The maximum atomic E-state index is 15.0. The fourth-order valence-electron chi connectivity index (χ4n) is 3.51. The molecule has 0 saturated carbocycles. The predicted octanol–water partition coefficient (Wildman–Crippen LogP) is 3.63. The third kappa shape index (κ3) is 4.80. The lowest BCUT2D eigenvalue weighted by atomic mass is 10.0. The molecule has 34 heavy (non-hydrogen) atoms. The topological polar surface area (TPSA) is 119 Å². The van der Waals surface area contributed by atoms with Gasteiger partial charge >= 0.3 is 0 Å². The maximum absolute atomic E-state index is 15.0. The van der Waals surface area contributed by atoms with Crippen LogP contribution in [0.25, 0.3) is 22.4 Å². The lowest BCUT2D eigenvalue weighted by molar-refractivity contribution is 0.0912. The molecule has 0 fully saturated rings. The molecule has 4 N–H and O–H groups in total. The fraction of sp³-hybridized carbons (Fsp3) is 0.130. The lowest BCUT2D eigenvalue weighted by Crippen LogP contribution is -2.31. The minimum absolute atomic E-state index is 0.188. The predicted molar refractivity (Wildman–Crippen MR) is 125 cm³/mol. The van der Waals surface area contributed by atoms with Gasteiger partial charge in [0.2, 0.25) is 0 Å². The summed E-state index contributed by atoms with van der Waals surface area (Å²) in [6.07, 6.45) is 3.13. The number of nitrogens with zero attached hydrogens (tertiary/aromatic N) is 4. The monoisotopic (exact) mass is 528 g/mol. The summed E-state index contributed by atoms with van der Waals surface area (Å²) in [5, 5.41) is 20.0. The molecule has 0 saturated heterocycles. The first-order chi connectivity index (χ1) is 16.3. The molecular weight excluding hydrogens is 510 g/mol. The largest absolute Gasteiger partial charge is 0.394 e. The number of nitrogens with two attached hydrogens (primary N) is 1. The minimum atomic E-state index is -0.928. The van der Waals surface area contributed by atoms with Gasteiger partial charge in [-0.2, -0.15) is 0 Å². The standard InChI is InChI=1S/C23H19BrF2N6O2/c1-32-21(10-29-31-32)14-6-18(22(27)28-9-14)12-2-3-17(19(26)7-12)23(34)30-20(11-33)13-4-15(24)8-16(25)5-13/h2-10,20,33H,11H2,1H3,(H2,27,28)(H,30,34). The molecule has 2 aromatic carbocycles. The van der Waals surface area contributed by atoms with Crippen LogP contribution in [0.1, 0.15) is 22.0 Å². The number of rotatable bonds is 6. The number of carbonyl (C=O) groups is 1. The van der Waals surface area contributed by atoms with Gasteiger partial charge in [-0.05, 0) is 47.5 Å². The molecule has 0 bridgehead atoms. The van der Waals surface area contributed by atoms with Crippen molar-refractivity contribution >= 4 is 27.7 Å². The van der Waals surface area contributed by atoms with Crippen LogP contribution < -0.4 is 11.1 Å². The molecule has 1 unspecified atom stereocenters. The second kappa shape index (κ2) is 9.65. The number of pyridine rings is 1. The number of aliphatic hydroxyl groups excluding tert-OH is 1. The zero-order chi connectivity index (χ0) is 24.4. The van der Waals surface area contributed by atoms with Gasteiger partial charge in [-0.1, -0.05) is 27.2 Å². The molecule has 1 atom stereocenters. The van der Waals surface area contributed by atoms with Crippen molar-refractivity contribution in [2.45, 2.75) is 6.04 Å². The van der Waals surface area contributed by atoms with E-state index in [4.69, 9.17) is 5.73 Å². The summed E-state index contributed by atoms with van der Waals surface area (Å²) in [6.45, 7) is -0.501. The molecule has 4 rings (SSSR count). The lowest BCUT2D eigenvalue weighted by Gasteiger charge is -2.18. The number of aliphatic hydroxyl groups is 1. The number of benzene rings is 2. The number of nitrogen functional groups attached to an aromatic ring is 1. The van der Waals surface area contributed by atoms with Gasteiger partial charge in [-0.15, -0.1) is 5.10 Å². The average molecular weight is 529 g/mol. The smallest absolute Gasteiger partial charge is 0.254 e. The van der Waals surface area contributed by atoms with E-state index in [9.17, 15) is 18.7 Å². The van der Waals surface area contributed by atoms with Gasteiger partial charge in [0.15, 0.2) is 0 Å². The van der Waals surface area contributed by atoms with Crippen LogP contribution in [0, 0.1) is 11.6 Å². The van der Waals surface area contributed by atoms with E-state index in [1.807, 2.05) is 0 Å². The highest BCUT2D eigenvalue weighted by Crippen LogP contribution is 2.30. The van der Waals surface area contributed by atoms with Gasteiger partial charge in [0.1, 0.15) is 17.5 Å². The van der Waals surface area contributed by atoms with Gasteiger partial charge in [0, 0.05) is 28.8 Å². The van der Waals surface area contributed by atoms with Gasteiger partial charge < -0.3 is 16.2 Å². The number of carbonyl (C=O) groups excluding carboxylic acids is 1. The molecule has 4 aromatic rings. The van der Waals surface area contributed by atoms with E-state index in [1.54, 1.807) is 42.3 Å². The Balaban J connectivity index is 1.61. The number of hydrogen-bond donors (Lipinski definition) is 3. The minimum Gasteiger partial charge on any atom is -0.394 e. The Bertz CT molecular complexity index is 1360. The molecule has 0 aliphatic rings. The zero-order valence-corrected chi connectivity index (χ0v) is 19.4. The molecule has 0 radical (unpaired) electrons. The molecule has 2 heterocycles. The highest BCUT2D eigenvalue weighted by molar-refractivity contribution is 9.10. The summed E-state index contributed by atoms with van der Waals surface area (Å²) >= 11 is 3.17. The normalized spacial score (nSPS) is 11.9. The summed E-state index contributed by atoms with van der Waals surface area (Å²) < 4.78 is 30.7. The van der Waals surface area contributed by atoms with E-state index in [-0.39, 0.29) is 11.4 Å². The number of aryl methyl sites for hydroxylation is 1. The van der Waals surface area contributed by atoms with E-state index in [2.05, 4.69) is 36.5 Å². The Hall–Kier alpha value is -3.70. The summed E-state index contributed by atoms with van der Waals surface area (Å²) in [7, 11) is 1.73. The number of anilines is 1. The molecule has 1 amide bonds. The quantitative estimate of drug-likeness (QED) is 0.351. The fourth-order valence-corrected chi connectivity index (χ4v) is 3.99. The van der Waals surface area contributed by atoms with Crippen LogP contribution in [0.2, 0.25) is 0 Å². The van der Waals surface area contributed by atoms with Crippen molar-refractivity contribution in [3.63, 3.8) is 0 Å². The Morgan fingerprint density at radius 3 is 2.62 bits per heavy atom. The van der Waals surface area contributed by atoms with Crippen molar-refractivity contribution in [1.29, 1.82) is 0 Å². The highest BCUT2D eigenvalue weighted by atomic mass is 79.9. The SMILES string of the molecule is Cn1nncc1-c1cnc(N)c(-c2ccc(C(=O)NC(CO)c3cc(F)cc(Br)c3)c(F)c2)c1. The first-order valence-corrected chi connectivity index (χ1v) is 10.8.